The number of allylic oxidation sites excluding steroid dienone is 4. The summed E-state index contributed by atoms with van der Waals surface area (Å²) in [5.41, 5.74) is 1.89. The largest absolute Gasteiger partial charge is 1.00 e. The Morgan fingerprint density at radius 2 is 1.57 bits per heavy atom. The first-order valence-electron chi connectivity index (χ1n) is 7.52. The maximum absolute atomic E-state index is 2.54. The minimum absolute atomic E-state index is 0. The van der Waals surface area contributed by atoms with Crippen LogP contribution in [0.25, 0.3) is 0 Å². The molecule has 1 aromatic carbocycles. The van der Waals surface area contributed by atoms with Crippen molar-refractivity contribution in [2.45, 2.75) is 46.7 Å². The fraction of sp³-hybridized carbons (Fsp3) is 0.444. The van der Waals surface area contributed by atoms with E-state index in [4.69, 9.17) is 0 Å². The van der Waals surface area contributed by atoms with Crippen LogP contribution in [0.5, 0.6) is 0 Å². The Kier molecular flexibility index (Phi) is 11.0. The van der Waals surface area contributed by atoms with Gasteiger partial charge in [0.15, 0.2) is 0 Å². The molecule has 0 amide bonds. The number of halogens is 3. The van der Waals surface area contributed by atoms with Gasteiger partial charge < -0.3 is 37.2 Å². The molecule has 2 rings (SSSR count). The molecule has 0 aromatic heterocycles. The fourth-order valence-corrected chi connectivity index (χ4v) is 8.09. The molecule has 0 saturated carbocycles. The van der Waals surface area contributed by atoms with Crippen molar-refractivity contribution in [3.05, 3.63) is 51.1 Å². The van der Waals surface area contributed by atoms with Crippen LogP contribution >= 0.6 is 0 Å². The molecular formula is C18H25Cl3SiTi. The maximum atomic E-state index is 2.54. The van der Waals surface area contributed by atoms with Crippen molar-refractivity contribution < 1.29 is 57.7 Å². The first-order valence-corrected chi connectivity index (χ1v) is 11.0. The van der Waals surface area contributed by atoms with Gasteiger partial charge in [0.05, 0.1) is 0 Å². The molecule has 1 aromatic rings. The van der Waals surface area contributed by atoms with Gasteiger partial charge in [-0.2, -0.15) is 0 Å². The van der Waals surface area contributed by atoms with E-state index in [1.165, 1.54) is 6.04 Å². The topological polar surface area (TPSA) is 0 Å². The molecule has 0 radical (unpaired) electrons. The Morgan fingerprint density at radius 3 is 2.00 bits per heavy atom. The van der Waals surface area contributed by atoms with Gasteiger partial charge >= 0.3 is 137 Å². The predicted octanol–water partition coefficient (Wildman–Crippen LogP) is -4.28. The van der Waals surface area contributed by atoms with Gasteiger partial charge in [-0.05, 0) is 0 Å². The van der Waals surface area contributed by atoms with E-state index in [1.54, 1.807) is 19.8 Å². The summed E-state index contributed by atoms with van der Waals surface area (Å²) in [5, 5.41) is 3.27. The third kappa shape index (κ3) is 5.24. The second-order valence-electron chi connectivity index (χ2n) is 6.98. The zero-order valence-electron chi connectivity index (χ0n) is 14.5. The third-order valence-corrected chi connectivity index (χ3v) is 9.92. The van der Waals surface area contributed by atoms with E-state index in [2.05, 4.69) is 91.1 Å². The van der Waals surface area contributed by atoms with Gasteiger partial charge in [0.2, 0.25) is 0 Å². The molecule has 1 aliphatic carbocycles. The van der Waals surface area contributed by atoms with Crippen LogP contribution in [-0.2, 0) is 20.4 Å². The average Bonchev–Trinajstić information content (AvgIpc) is 2.81. The normalized spacial score (nSPS) is 16.6. The Balaban J connectivity index is 0. The van der Waals surface area contributed by atoms with Gasteiger partial charge in [-0.15, -0.1) is 0 Å². The first kappa shape index (κ1) is 25.7. The minimum atomic E-state index is -1.58. The Labute approximate surface area is 173 Å². The summed E-state index contributed by atoms with van der Waals surface area (Å²) >= 11 is 2.32. The van der Waals surface area contributed by atoms with Crippen molar-refractivity contribution in [2.24, 2.45) is 5.41 Å². The first-order chi connectivity index (χ1) is 9.30. The van der Waals surface area contributed by atoms with Crippen molar-refractivity contribution in [3.8, 4) is 0 Å². The number of hydrogen-bond acceptors (Lipinski definition) is 0. The second kappa shape index (κ2) is 9.85. The Hall–Kier alpha value is 0.501. The standard InChI is InChI=1S/C18H25Si.3ClH.Ti/c1-6-19(5,15-11-8-7-9-12-15)17-14-10-13-16(17)18(2,3)4;;;;/h7-9,11-12,14H,6,10H2,1-5H3;3*1H;/q;;;;+3/p-3. The summed E-state index contributed by atoms with van der Waals surface area (Å²) in [7, 11) is -1.58. The van der Waals surface area contributed by atoms with Gasteiger partial charge in [0.1, 0.15) is 0 Å². The van der Waals surface area contributed by atoms with Gasteiger partial charge in [-0.3, -0.25) is 0 Å². The molecular weight excluding hydrogens is 399 g/mol. The predicted molar refractivity (Wildman–Crippen MR) is 87.4 cm³/mol. The molecule has 0 saturated heterocycles. The van der Waals surface area contributed by atoms with E-state index in [0.717, 1.165) is 6.42 Å². The van der Waals surface area contributed by atoms with Crippen LogP contribution < -0.4 is 42.4 Å². The SMILES string of the molecule is CC[Si](C)(C1=CC[C]([Ti+3])=C1C(C)(C)C)c1ccccc1.[Cl-].[Cl-].[Cl-]. The molecule has 0 spiro atoms. The van der Waals surface area contributed by atoms with E-state index < -0.39 is 8.07 Å². The van der Waals surface area contributed by atoms with Crippen molar-refractivity contribution in [2.75, 3.05) is 0 Å². The molecule has 1 atom stereocenters. The smallest absolute Gasteiger partial charge is 1.00 e. The summed E-state index contributed by atoms with van der Waals surface area (Å²) in [6.07, 6.45) is 3.68. The summed E-state index contributed by atoms with van der Waals surface area (Å²) in [4.78, 5) is 0. The van der Waals surface area contributed by atoms with Gasteiger partial charge in [0.25, 0.3) is 0 Å². The minimum Gasteiger partial charge on any atom is -1.00 e. The fourth-order valence-electron chi connectivity index (χ4n) is 3.28. The van der Waals surface area contributed by atoms with Crippen LogP contribution in [0.1, 0.15) is 34.1 Å². The molecule has 0 heterocycles. The molecule has 0 fully saturated rings. The Morgan fingerprint density at radius 1 is 1.04 bits per heavy atom. The Bertz CT molecular complexity index is 561. The van der Waals surface area contributed by atoms with Gasteiger partial charge in [-0.1, -0.05) is 0 Å². The van der Waals surface area contributed by atoms with E-state index in [0.29, 0.717) is 0 Å². The van der Waals surface area contributed by atoms with Crippen molar-refractivity contribution in [1.82, 2.24) is 0 Å². The molecule has 0 nitrogen and oxygen atoms in total. The van der Waals surface area contributed by atoms with Crippen LogP contribution in [0, 0.1) is 5.41 Å². The van der Waals surface area contributed by atoms with E-state index in [-0.39, 0.29) is 42.6 Å². The number of hydrogen-bond donors (Lipinski definition) is 0. The van der Waals surface area contributed by atoms with Crippen LogP contribution in [0.2, 0.25) is 12.6 Å². The summed E-state index contributed by atoms with van der Waals surface area (Å²) < 4.78 is 1.58. The van der Waals surface area contributed by atoms with Crippen LogP contribution in [0.3, 0.4) is 0 Å². The molecule has 126 valence electrons. The average molecular weight is 424 g/mol. The van der Waals surface area contributed by atoms with E-state index >= 15 is 0 Å². The molecule has 5 heteroatoms. The van der Waals surface area contributed by atoms with Crippen molar-refractivity contribution >= 4 is 13.3 Å². The molecule has 0 aliphatic heterocycles. The van der Waals surface area contributed by atoms with E-state index in [1.807, 2.05) is 0 Å². The number of rotatable bonds is 3. The molecule has 1 unspecified atom stereocenters. The van der Waals surface area contributed by atoms with Gasteiger partial charge in [0, 0.05) is 0 Å². The van der Waals surface area contributed by atoms with E-state index in [9.17, 15) is 0 Å². The number of benzene rings is 1. The monoisotopic (exact) mass is 422 g/mol. The summed E-state index contributed by atoms with van der Waals surface area (Å²) in [6.45, 7) is 12.0. The third-order valence-electron chi connectivity index (χ3n) is 4.54. The van der Waals surface area contributed by atoms with Crippen molar-refractivity contribution in [3.63, 3.8) is 0 Å². The second-order valence-corrected chi connectivity index (χ2v) is 12.4. The van der Waals surface area contributed by atoms with Crippen LogP contribution in [0.4, 0.5) is 0 Å². The molecule has 0 bridgehead atoms. The zero-order valence-corrected chi connectivity index (χ0v) is 19.3. The molecule has 1 aliphatic rings. The summed E-state index contributed by atoms with van der Waals surface area (Å²) in [5.74, 6) is 0. The van der Waals surface area contributed by atoms with Crippen LogP contribution in [0.15, 0.2) is 51.1 Å². The maximum Gasteiger partial charge on any atom is -1.00 e. The zero-order chi connectivity index (χ0) is 15.0. The summed E-state index contributed by atoms with van der Waals surface area (Å²) in [6, 6.07) is 12.5. The quantitative estimate of drug-likeness (QED) is 0.432. The molecule has 0 N–H and O–H groups in total. The van der Waals surface area contributed by atoms with Crippen molar-refractivity contribution in [1.29, 1.82) is 0 Å². The van der Waals surface area contributed by atoms with Gasteiger partial charge in [-0.25, -0.2) is 0 Å². The van der Waals surface area contributed by atoms with Crippen LogP contribution in [-0.4, -0.2) is 8.07 Å². The molecule has 23 heavy (non-hydrogen) atoms.